The Bertz CT molecular complexity index is 430. The Morgan fingerprint density at radius 3 is 2.38 bits per heavy atom. The first-order chi connectivity index (χ1) is 7.34. The summed E-state index contributed by atoms with van der Waals surface area (Å²) in [6.07, 6.45) is -0.140. The fourth-order valence-corrected chi connectivity index (χ4v) is 2.31. The number of ether oxygens (including phenoxy) is 1. The molecule has 0 spiro atoms. The average Bonchev–Trinajstić information content (AvgIpc) is 2.13. The van der Waals surface area contributed by atoms with Gasteiger partial charge in [-0.25, -0.2) is 9.78 Å². The topological polar surface area (TPSA) is 39.2 Å². The van der Waals surface area contributed by atoms with E-state index < -0.39 is 0 Å². The number of carbonyl (C=O) groups excluding carboxylic acids is 1. The lowest BCUT2D eigenvalue weighted by molar-refractivity contribution is 0.0375. The molecule has 5 heteroatoms. The van der Waals surface area contributed by atoms with Crippen molar-refractivity contribution in [2.45, 2.75) is 33.8 Å². The largest absolute Gasteiger partial charge is 0.459 e. The second kappa shape index (κ2) is 5.27. The highest BCUT2D eigenvalue weighted by molar-refractivity contribution is 9.11. The van der Waals surface area contributed by atoms with Gasteiger partial charge in [-0.2, -0.15) is 0 Å². The SMILES string of the molecule is Cc1nc(Br)c(C(=O)OC(C)C)c(C)c1Br. The van der Waals surface area contributed by atoms with Gasteiger partial charge in [-0.1, -0.05) is 0 Å². The third-order valence-corrected chi connectivity index (χ3v) is 3.78. The van der Waals surface area contributed by atoms with Crippen molar-refractivity contribution in [1.82, 2.24) is 4.98 Å². The van der Waals surface area contributed by atoms with Crippen LogP contribution in [0.1, 0.15) is 35.5 Å². The smallest absolute Gasteiger partial charge is 0.341 e. The standard InChI is InChI=1S/C11H13Br2NO2/c1-5(2)16-11(15)8-6(3)9(12)7(4)14-10(8)13/h5H,1-4H3. The minimum Gasteiger partial charge on any atom is -0.459 e. The molecule has 1 rings (SSSR count). The molecule has 0 aliphatic carbocycles. The van der Waals surface area contributed by atoms with Crippen molar-refractivity contribution in [3.63, 3.8) is 0 Å². The number of hydrogen-bond acceptors (Lipinski definition) is 3. The number of pyridine rings is 1. The maximum atomic E-state index is 11.8. The van der Waals surface area contributed by atoms with Gasteiger partial charge in [0.1, 0.15) is 4.60 Å². The van der Waals surface area contributed by atoms with Gasteiger partial charge in [0.15, 0.2) is 0 Å². The molecular weight excluding hydrogens is 338 g/mol. The van der Waals surface area contributed by atoms with E-state index in [0.29, 0.717) is 10.2 Å². The van der Waals surface area contributed by atoms with Crippen molar-refractivity contribution in [3.05, 3.63) is 25.9 Å². The van der Waals surface area contributed by atoms with E-state index >= 15 is 0 Å². The number of carbonyl (C=O) groups is 1. The van der Waals surface area contributed by atoms with Crippen LogP contribution < -0.4 is 0 Å². The molecule has 0 saturated carbocycles. The van der Waals surface area contributed by atoms with Crippen molar-refractivity contribution in [2.75, 3.05) is 0 Å². The summed E-state index contributed by atoms with van der Waals surface area (Å²) in [5, 5.41) is 0. The Kier molecular flexibility index (Phi) is 4.50. The van der Waals surface area contributed by atoms with Crippen molar-refractivity contribution in [1.29, 1.82) is 0 Å². The molecule has 0 aromatic carbocycles. The molecule has 0 bridgehead atoms. The molecule has 3 nitrogen and oxygen atoms in total. The molecule has 0 unspecified atom stereocenters. The molecule has 88 valence electrons. The summed E-state index contributed by atoms with van der Waals surface area (Å²) < 4.78 is 6.53. The van der Waals surface area contributed by atoms with Gasteiger partial charge in [-0.3, -0.25) is 0 Å². The molecule has 16 heavy (non-hydrogen) atoms. The normalized spacial score (nSPS) is 10.7. The number of aromatic nitrogens is 1. The lowest BCUT2D eigenvalue weighted by Crippen LogP contribution is -2.14. The van der Waals surface area contributed by atoms with Gasteiger partial charge in [-0.15, -0.1) is 0 Å². The Morgan fingerprint density at radius 2 is 1.88 bits per heavy atom. The van der Waals surface area contributed by atoms with Crippen LogP contribution in [0.4, 0.5) is 0 Å². The van der Waals surface area contributed by atoms with E-state index in [0.717, 1.165) is 15.7 Å². The second-order valence-electron chi connectivity index (χ2n) is 3.76. The molecule has 0 atom stereocenters. The first-order valence-corrected chi connectivity index (χ1v) is 6.46. The zero-order valence-electron chi connectivity index (χ0n) is 9.60. The molecule has 0 N–H and O–H groups in total. The van der Waals surface area contributed by atoms with Crippen LogP contribution in [-0.4, -0.2) is 17.1 Å². The fourth-order valence-electron chi connectivity index (χ4n) is 1.30. The maximum absolute atomic E-state index is 11.8. The molecule has 0 amide bonds. The predicted molar refractivity (Wildman–Crippen MR) is 69.7 cm³/mol. The summed E-state index contributed by atoms with van der Waals surface area (Å²) >= 11 is 6.70. The highest BCUT2D eigenvalue weighted by Crippen LogP contribution is 2.28. The van der Waals surface area contributed by atoms with Crippen LogP contribution in [0.3, 0.4) is 0 Å². The van der Waals surface area contributed by atoms with Gasteiger partial charge in [0.2, 0.25) is 0 Å². The number of rotatable bonds is 2. The van der Waals surface area contributed by atoms with Gasteiger partial charge < -0.3 is 4.74 Å². The van der Waals surface area contributed by atoms with E-state index in [1.165, 1.54) is 0 Å². The Balaban J connectivity index is 3.24. The molecular formula is C11H13Br2NO2. The molecule has 0 aliphatic rings. The molecule has 1 aromatic rings. The summed E-state index contributed by atoms with van der Waals surface area (Å²) in [5.74, 6) is -0.354. The van der Waals surface area contributed by atoms with Crippen LogP contribution in [0.15, 0.2) is 9.08 Å². The molecule has 0 aliphatic heterocycles. The first-order valence-electron chi connectivity index (χ1n) is 4.87. The zero-order chi connectivity index (χ0) is 12.5. The highest BCUT2D eigenvalue weighted by atomic mass is 79.9. The summed E-state index contributed by atoms with van der Waals surface area (Å²) in [7, 11) is 0. The Morgan fingerprint density at radius 1 is 1.31 bits per heavy atom. The number of halogens is 2. The van der Waals surface area contributed by atoms with Gasteiger partial charge >= 0.3 is 5.97 Å². The van der Waals surface area contributed by atoms with Crippen molar-refractivity contribution in [2.24, 2.45) is 0 Å². The van der Waals surface area contributed by atoms with Gasteiger partial charge in [-0.05, 0) is 65.1 Å². The minimum absolute atomic E-state index is 0.140. The molecule has 1 heterocycles. The Hall–Kier alpha value is -0.420. The number of hydrogen-bond donors (Lipinski definition) is 0. The highest BCUT2D eigenvalue weighted by Gasteiger charge is 2.20. The maximum Gasteiger partial charge on any atom is 0.341 e. The van der Waals surface area contributed by atoms with Gasteiger partial charge in [0, 0.05) is 4.47 Å². The van der Waals surface area contributed by atoms with E-state index in [1.807, 2.05) is 27.7 Å². The number of nitrogens with zero attached hydrogens (tertiary/aromatic N) is 1. The average molecular weight is 351 g/mol. The van der Waals surface area contributed by atoms with Crippen LogP contribution in [0.5, 0.6) is 0 Å². The van der Waals surface area contributed by atoms with Crippen LogP contribution in [0, 0.1) is 13.8 Å². The lowest BCUT2D eigenvalue weighted by atomic mass is 10.1. The summed E-state index contributed by atoms with van der Waals surface area (Å²) in [6.45, 7) is 7.37. The van der Waals surface area contributed by atoms with Crippen LogP contribution in [0.2, 0.25) is 0 Å². The number of aryl methyl sites for hydroxylation is 1. The van der Waals surface area contributed by atoms with E-state index in [1.54, 1.807) is 0 Å². The monoisotopic (exact) mass is 349 g/mol. The third-order valence-electron chi connectivity index (χ3n) is 2.04. The van der Waals surface area contributed by atoms with Crippen molar-refractivity contribution >= 4 is 37.8 Å². The van der Waals surface area contributed by atoms with E-state index in [4.69, 9.17) is 4.74 Å². The van der Waals surface area contributed by atoms with Gasteiger partial charge in [0.25, 0.3) is 0 Å². The minimum atomic E-state index is -0.354. The van der Waals surface area contributed by atoms with E-state index in [9.17, 15) is 4.79 Å². The summed E-state index contributed by atoms with van der Waals surface area (Å²) in [6, 6.07) is 0. The van der Waals surface area contributed by atoms with E-state index in [-0.39, 0.29) is 12.1 Å². The lowest BCUT2D eigenvalue weighted by Gasteiger charge is -2.13. The second-order valence-corrected chi connectivity index (χ2v) is 5.30. The molecule has 0 saturated heterocycles. The zero-order valence-corrected chi connectivity index (χ0v) is 12.8. The van der Waals surface area contributed by atoms with Crippen LogP contribution >= 0.6 is 31.9 Å². The molecule has 0 fully saturated rings. The summed E-state index contributed by atoms with van der Waals surface area (Å²) in [5.41, 5.74) is 2.15. The Labute approximate surface area is 112 Å². The van der Waals surface area contributed by atoms with Crippen LogP contribution in [0.25, 0.3) is 0 Å². The predicted octanol–water partition coefficient (Wildman–Crippen LogP) is 3.79. The first kappa shape index (κ1) is 13.6. The van der Waals surface area contributed by atoms with Crippen LogP contribution in [-0.2, 0) is 4.74 Å². The summed E-state index contributed by atoms with van der Waals surface area (Å²) in [4.78, 5) is 16.1. The number of esters is 1. The fraction of sp³-hybridized carbons (Fsp3) is 0.455. The molecule has 0 radical (unpaired) electrons. The van der Waals surface area contributed by atoms with Crippen molar-refractivity contribution in [3.8, 4) is 0 Å². The molecule has 1 aromatic heterocycles. The third kappa shape index (κ3) is 2.83. The van der Waals surface area contributed by atoms with Crippen molar-refractivity contribution < 1.29 is 9.53 Å². The quantitative estimate of drug-likeness (QED) is 0.601. The van der Waals surface area contributed by atoms with Gasteiger partial charge in [0.05, 0.1) is 17.4 Å². The van der Waals surface area contributed by atoms with E-state index in [2.05, 4.69) is 36.8 Å².